The molecule has 0 bridgehead atoms. The number of rotatable bonds is 7. The highest BCUT2D eigenvalue weighted by molar-refractivity contribution is 5.76. The van der Waals surface area contributed by atoms with Crippen molar-refractivity contribution in [3.05, 3.63) is 65.5 Å². The van der Waals surface area contributed by atoms with Gasteiger partial charge in [-0.2, -0.15) is 0 Å². The standard InChI is InChI=1S/C20H22F2N2O2/c21-17-3-1-13(9-18(17)22)2-4-20(26)24-19(15-11-16(25)12-15)10-14-5-7-23-8-6-14/h1,3,5-9,15-16,19,25H,2,4,10-12H2,(H,24,26)/t15?,16?,19-/m0/s1. The molecule has 1 amide bonds. The van der Waals surface area contributed by atoms with E-state index in [9.17, 15) is 18.7 Å². The van der Waals surface area contributed by atoms with Gasteiger partial charge in [-0.15, -0.1) is 0 Å². The number of hydrogen-bond donors (Lipinski definition) is 2. The first-order valence-corrected chi connectivity index (χ1v) is 8.81. The van der Waals surface area contributed by atoms with Crippen molar-refractivity contribution in [3.63, 3.8) is 0 Å². The van der Waals surface area contributed by atoms with Crippen molar-refractivity contribution >= 4 is 5.91 Å². The highest BCUT2D eigenvalue weighted by atomic mass is 19.2. The number of carbonyl (C=O) groups excluding carboxylic acids is 1. The van der Waals surface area contributed by atoms with E-state index in [4.69, 9.17) is 0 Å². The van der Waals surface area contributed by atoms with Crippen LogP contribution in [0.5, 0.6) is 0 Å². The molecule has 1 saturated carbocycles. The first-order chi connectivity index (χ1) is 12.5. The summed E-state index contributed by atoms with van der Waals surface area (Å²) in [5.74, 6) is -1.68. The van der Waals surface area contributed by atoms with Gasteiger partial charge in [0.15, 0.2) is 11.6 Å². The molecule has 26 heavy (non-hydrogen) atoms. The summed E-state index contributed by atoms with van der Waals surface area (Å²) in [7, 11) is 0. The maximum atomic E-state index is 13.2. The summed E-state index contributed by atoms with van der Waals surface area (Å²) in [4.78, 5) is 16.3. The lowest BCUT2D eigenvalue weighted by atomic mass is 9.75. The predicted octanol–water partition coefficient (Wildman–Crippen LogP) is 2.79. The first-order valence-electron chi connectivity index (χ1n) is 8.81. The maximum Gasteiger partial charge on any atom is 0.220 e. The number of aliphatic hydroxyl groups is 1. The second-order valence-electron chi connectivity index (χ2n) is 6.87. The molecule has 2 aromatic rings. The molecule has 1 atom stereocenters. The smallest absolute Gasteiger partial charge is 0.220 e. The Kier molecular flexibility index (Phi) is 5.93. The van der Waals surface area contributed by atoms with E-state index in [1.54, 1.807) is 12.4 Å². The van der Waals surface area contributed by atoms with Crippen LogP contribution in [0.4, 0.5) is 8.78 Å². The van der Waals surface area contributed by atoms with E-state index in [0.717, 1.165) is 17.7 Å². The molecule has 1 aromatic carbocycles. The molecule has 0 unspecified atom stereocenters. The molecule has 0 spiro atoms. The van der Waals surface area contributed by atoms with Crippen molar-refractivity contribution in [2.75, 3.05) is 0 Å². The minimum Gasteiger partial charge on any atom is -0.393 e. The molecule has 0 aliphatic heterocycles. The average Bonchev–Trinajstić information content (AvgIpc) is 2.60. The Balaban J connectivity index is 1.56. The zero-order chi connectivity index (χ0) is 18.5. The second kappa shape index (κ2) is 8.36. The van der Waals surface area contributed by atoms with Gasteiger partial charge in [-0.05, 0) is 67.0 Å². The third kappa shape index (κ3) is 4.85. The van der Waals surface area contributed by atoms with Crippen molar-refractivity contribution in [2.24, 2.45) is 5.92 Å². The molecule has 0 saturated heterocycles. The first kappa shape index (κ1) is 18.5. The van der Waals surface area contributed by atoms with E-state index >= 15 is 0 Å². The number of pyridine rings is 1. The lowest BCUT2D eigenvalue weighted by molar-refractivity contribution is -0.122. The summed E-state index contributed by atoms with van der Waals surface area (Å²) in [5, 5.41) is 12.6. The Morgan fingerprint density at radius 2 is 1.88 bits per heavy atom. The van der Waals surface area contributed by atoms with Crippen LogP contribution in [0.3, 0.4) is 0 Å². The third-order valence-electron chi connectivity index (χ3n) is 4.89. The molecule has 1 aromatic heterocycles. The lowest BCUT2D eigenvalue weighted by Crippen LogP contribution is -2.48. The van der Waals surface area contributed by atoms with Crippen molar-refractivity contribution in [1.29, 1.82) is 0 Å². The summed E-state index contributed by atoms with van der Waals surface area (Å²) in [6, 6.07) is 7.45. The number of aliphatic hydroxyl groups excluding tert-OH is 1. The fourth-order valence-corrected chi connectivity index (χ4v) is 3.30. The Bertz CT molecular complexity index is 749. The van der Waals surface area contributed by atoms with Crippen LogP contribution < -0.4 is 5.32 Å². The highest BCUT2D eigenvalue weighted by Gasteiger charge is 2.34. The van der Waals surface area contributed by atoms with Crippen LogP contribution in [-0.2, 0) is 17.6 Å². The largest absolute Gasteiger partial charge is 0.393 e. The van der Waals surface area contributed by atoms with Crippen LogP contribution in [0, 0.1) is 17.6 Å². The van der Waals surface area contributed by atoms with Gasteiger partial charge in [0.05, 0.1) is 6.10 Å². The van der Waals surface area contributed by atoms with E-state index in [1.165, 1.54) is 6.07 Å². The Morgan fingerprint density at radius 1 is 1.15 bits per heavy atom. The fourth-order valence-electron chi connectivity index (χ4n) is 3.30. The number of nitrogens with one attached hydrogen (secondary N) is 1. The number of hydrogen-bond acceptors (Lipinski definition) is 3. The molecule has 138 valence electrons. The van der Waals surface area contributed by atoms with Crippen LogP contribution in [-0.4, -0.2) is 28.1 Å². The molecule has 6 heteroatoms. The maximum absolute atomic E-state index is 13.2. The summed E-state index contributed by atoms with van der Waals surface area (Å²) < 4.78 is 26.2. The molecular weight excluding hydrogens is 338 g/mol. The molecule has 3 rings (SSSR count). The predicted molar refractivity (Wildman–Crippen MR) is 93.3 cm³/mol. The Hall–Kier alpha value is -2.34. The fraction of sp³-hybridized carbons (Fsp3) is 0.400. The second-order valence-corrected chi connectivity index (χ2v) is 6.87. The van der Waals surface area contributed by atoms with Gasteiger partial charge in [-0.3, -0.25) is 9.78 Å². The molecular formula is C20H22F2N2O2. The van der Waals surface area contributed by atoms with Gasteiger partial charge in [0.25, 0.3) is 0 Å². The van der Waals surface area contributed by atoms with E-state index < -0.39 is 11.6 Å². The van der Waals surface area contributed by atoms with Gasteiger partial charge in [0, 0.05) is 24.9 Å². The van der Waals surface area contributed by atoms with Gasteiger partial charge in [0.2, 0.25) is 5.91 Å². The van der Waals surface area contributed by atoms with Gasteiger partial charge in [-0.1, -0.05) is 6.07 Å². The minimum atomic E-state index is -0.901. The van der Waals surface area contributed by atoms with E-state index in [0.29, 0.717) is 31.2 Å². The summed E-state index contributed by atoms with van der Waals surface area (Å²) in [5.41, 5.74) is 1.66. The number of amides is 1. The van der Waals surface area contributed by atoms with Gasteiger partial charge in [0.1, 0.15) is 0 Å². The molecule has 1 fully saturated rings. The normalized spacial score (nSPS) is 20.3. The van der Waals surface area contributed by atoms with Crippen LogP contribution in [0.15, 0.2) is 42.7 Å². The highest BCUT2D eigenvalue weighted by Crippen LogP contribution is 2.31. The lowest BCUT2D eigenvalue weighted by Gasteiger charge is -2.38. The number of aryl methyl sites for hydroxylation is 1. The summed E-state index contributed by atoms with van der Waals surface area (Å²) in [6.45, 7) is 0. The average molecular weight is 360 g/mol. The van der Waals surface area contributed by atoms with Crippen LogP contribution in [0.2, 0.25) is 0 Å². The molecule has 1 aliphatic rings. The SMILES string of the molecule is O=C(CCc1ccc(F)c(F)c1)N[C@@H](Cc1ccncc1)C1CC(O)C1. The zero-order valence-electron chi connectivity index (χ0n) is 14.4. The number of nitrogens with zero attached hydrogens (tertiary/aromatic N) is 1. The number of halogens is 2. The third-order valence-corrected chi connectivity index (χ3v) is 4.89. The van der Waals surface area contributed by atoms with Gasteiger partial charge < -0.3 is 10.4 Å². The molecule has 0 radical (unpaired) electrons. The van der Waals surface area contributed by atoms with Crippen LogP contribution in [0.25, 0.3) is 0 Å². The van der Waals surface area contributed by atoms with E-state index in [2.05, 4.69) is 10.3 Å². The van der Waals surface area contributed by atoms with Gasteiger partial charge in [-0.25, -0.2) is 8.78 Å². The van der Waals surface area contributed by atoms with Crippen molar-refractivity contribution < 1.29 is 18.7 Å². The zero-order valence-corrected chi connectivity index (χ0v) is 14.4. The van der Waals surface area contributed by atoms with Crippen molar-refractivity contribution in [3.8, 4) is 0 Å². The topological polar surface area (TPSA) is 62.2 Å². The number of benzene rings is 1. The van der Waals surface area contributed by atoms with Crippen LogP contribution in [0.1, 0.15) is 30.4 Å². The molecule has 4 nitrogen and oxygen atoms in total. The van der Waals surface area contributed by atoms with E-state index in [-0.39, 0.29) is 30.4 Å². The van der Waals surface area contributed by atoms with Crippen molar-refractivity contribution in [2.45, 2.75) is 44.2 Å². The number of aromatic nitrogens is 1. The van der Waals surface area contributed by atoms with Crippen LogP contribution >= 0.6 is 0 Å². The van der Waals surface area contributed by atoms with Gasteiger partial charge >= 0.3 is 0 Å². The molecule has 2 N–H and O–H groups in total. The summed E-state index contributed by atoms with van der Waals surface area (Å²) in [6.07, 6.45) is 5.72. The molecule has 1 heterocycles. The quantitative estimate of drug-likeness (QED) is 0.798. The summed E-state index contributed by atoms with van der Waals surface area (Å²) >= 11 is 0. The number of carbonyl (C=O) groups is 1. The minimum absolute atomic E-state index is 0.0572. The monoisotopic (exact) mass is 360 g/mol. The Morgan fingerprint density at radius 3 is 2.54 bits per heavy atom. The molecule has 1 aliphatic carbocycles. The van der Waals surface area contributed by atoms with Crippen molar-refractivity contribution in [1.82, 2.24) is 10.3 Å². The van der Waals surface area contributed by atoms with E-state index in [1.807, 2.05) is 12.1 Å². The Labute approximate surface area is 151 Å².